The van der Waals surface area contributed by atoms with Gasteiger partial charge >= 0.3 is 18.0 Å². The fourth-order valence-corrected chi connectivity index (χ4v) is 5.77. The smallest absolute Gasteiger partial charge is 0.349 e. The highest BCUT2D eigenvalue weighted by Gasteiger charge is 2.29. The van der Waals surface area contributed by atoms with Gasteiger partial charge in [0.1, 0.15) is 17.1 Å². The number of rotatable bonds is 8. The van der Waals surface area contributed by atoms with Crippen molar-refractivity contribution in [2.75, 3.05) is 16.8 Å². The van der Waals surface area contributed by atoms with Gasteiger partial charge in [0.15, 0.2) is 17.2 Å². The number of carbonyl (C=O) groups excluding carboxylic acids is 1. The van der Waals surface area contributed by atoms with E-state index in [1.165, 1.54) is 0 Å². The van der Waals surface area contributed by atoms with Crippen LogP contribution >= 0.6 is 11.3 Å². The third kappa shape index (κ3) is 5.61. The molecule has 0 radical (unpaired) electrons. The van der Waals surface area contributed by atoms with E-state index in [9.17, 15) is 19.5 Å². The van der Waals surface area contributed by atoms with Crippen molar-refractivity contribution in [3.05, 3.63) is 46.2 Å². The monoisotopic (exact) mass is 527 g/mol. The number of aromatic nitrogens is 1. The van der Waals surface area contributed by atoms with Crippen LogP contribution in [0.4, 0.5) is 16.2 Å². The Hall–Kier alpha value is -3.86. The van der Waals surface area contributed by atoms with Gasteiger partial charge < -0.3 is 24.8 Å². The molecule has 4 rings (SSSR count). The zero-order valence-electron chi connectivity index (χ0n) is 20.9. The van der Waals surface area contributed by atoms with Gasteiger partial charge in [-0.05, 0) is 51.3 Å². The number of aromatic carboxylic acids is 1. The Morgan fingerprint density at radius 2 is 1.89 bits per heavy atom. The number of nitrogens with zero attached hydrogens (tertiary/aromatic N) is 2. The molecule has 0 spiro atoms. The van der Waals surface area contributed by atoms with Crippen LogP contribution in [0.25, 0.3) is 10.4 Å². The van der Waals surface area contributed by atoms with Crippen LogP contribution in [-0.2, 0) is 4.79 Å². The molecule has 2 aromatic heterocycles. The number of hydrogen-bond donors (Lipinski definition) is 3. The first-order valence-electron chi connectivity index (χ1n) is 12.0. The Bertz CT molecular complexity index is 1300. The third-order valence-corrected chi connectivity index (χ3v) is 7.75. The summed E-state index contributed by atoms with van der Waals surface area (Å²) in [5, 5.41) is 25.6. The molecule has 11 heteroatoms. The molecule has 196 valence electrons. The number of aliphatic carboxylic acids is 1. The molecule has 37 heavy (non-hydrogen) atoms. The normalized spacial score (nSPS) is 13.8. The molecule has 1 aliphatic carbocycles. The number of amides is 2. The number of anilines is 2. The van der Waals surface area contributed by atoms with Crippen molar-refractivity contribution >= 4 is 40.7 Å². The molecule has 0 atom stereocenters. The number of benzene rings is 1. The summed E-state index contributed by atoms with van der Waals surface area (Å²) < 4.78 is 10.5. The topological polar surface area (TPSA) is 142 Å². The number of carbonyl (C=O) groups is 3. The lowest BCUT2D eigenvalue weighted by molar-refractivity contribution is -0.139. The Kier molecular flexibility index (Phi) is 7.82. The van der Waals surface area contributed by atoms with Gasteiger partial charge in [-0.1, -0.05) is 36.6 Å². The Morgan fingerprint density at radius 1 is 1.16 bits per heavy atom. The maximum absolute atomic E-state index is 13.6. The van der Waals surface area contributed by atoms with Gasteiger partial charge in [-0.2, -0.15) is 0 Å². The van der Waals surface area contributed by atoms with Crippen LogP contribution in [-0.4, -0.2) is 46.0 Å². The lowest BCUT2D eigenvalue weighted by atomic mass is 9.93. The van der Waals surface area contributed by atoms with E-state index >= 15 is 0 Å². The van der Waals surface area contributed by atoms with Crippen molar-refractivity contribution in [2.24, 2.45) is 0 Å². The summed E-state index contributed by atoms with van der Waals surface area (Å²) in [7, 11) is 0. The molecule has 0 unspecified atom stereocenters. The Balaban J connectivity index is 1.73. The standard InChI is InChI=1S/C26H29N3O7S/c1-14-22(35-13-20(30)31)24(25(32)33)37-23(14)17-8-7-11-19(12-17)29(18-9-5-4-6-10-18)26(34)27-21-15(2)28-36-16(21)3/h7-8,11-12,18H,4-6,9-10,13H2,1-3H3,(H,27,34)(H,30,31)(H,32,33). The molecule has 2 heterocycles. The third-order valence-electron chi connectivity index (χ3n) is 6.44. The fraction of sp³-hybridized carbons (Fsp3) is 0.385. The maximum Gasteiger partial charge on any atom is 0.349 e. The quantitative estimate of drug-likeness (QED) is 0.331. The number of urea groups is 1. The number of hydrogen-bond acceptors (Lipinski definition) is 7. The second kappa shape index (κ2) is 11.0. The number of carboxylic acid groups (broad SMARTS) is 2. The van der Waals surface area contributed by atoms with Crippen molar-refractivity contribution in [1.82, 2.24) is 5.16 Å². The van der Waals surface area contributed by atoms with Gasteiger partial charge in [-0.15, -0.1) is 11.3 Å². The summed E-state index contributed by atoms with van der Waals surface area (Å²) in [5.41, 5.74) is 3.05. The molecular formula is C26H29N3O7S. The average Bonchev–Trinajstić information content (AvgIpc) is 3.37. The minimum atomic E-state index is -1.20. The molecule has 0 saturated heterocycles. The van der Waals surface area contributed by atoms with E-state index in [1.54, 1.807) is 25.7 Å². The van der Waals surface area contributed by atoms with Gasteiger partial charge in [0, 0.05) is 22.2 Å². The van der Waals surface area contributed by atoms with Crippen molar-refractivity contribution in [3.8, 4) is 16.2 Å². The van der Waals surface area contributed by atoms with E-state index in [-0.39, 0.29) is 22.7 Å². The van der Waals surface area contributed by atoms with Gasteiger partial charge in [-0.25, -0.2) is 14.4 Å². The van der Waals surface area contributed by atoms with Gasteiger partial charge in [0.25, 0.3) is 0 Å². The predicted octanol–water partition coefficient (Wildman–Crippen LogP) is 5.86. The summed E-state index contributed by atoms with van der Waals surface area (Å²) in [6.07, 6.45) is 4.91. The highest BCUT2D eigenvalue weighted by Crippen LogP contribution is 2.42. The van der Waals surface area contributed by atoms with Gasteiger partial charge in [-0.3, -0.25) is 4.90 Å². The van der Waals surface area contributed by atoms with Crippen molar-refractivity contribution in [1.29, 1.82) is 0 Å². The fourth-order valence-electron chi connectivity index (χ4n) is 4.68. The van der Waals surface area contributed by atoms with Gasteiger partial charge in [0.05, 0.1) is 0 Å². The Morgan fingerprint density at radius 3 is 2.51 bits per heavy atom. The van der Waals surface area contributed by atoms with Crippen molar-refractivity contribution in [3.63, 3.8) is 0 Å². The molecule has 1 aliphatic rings. The van der Waals surface area contributed by atoms with Crippen LogP contribution in [0.2, 0.25) is 0 Å². The lowest BCUT2D eigenvalue weighted by Crippen LogP contribution is -2.44. The minimum absolute atomic E-state index is 0.00190. The maximum atomic E-state index is 13.6. The summed E-state index contributed by atoms with van der Waals surface area (Å²) in [6, 6.07) is 7.07. The highest BCUT2D eigenvalue weighted by molar-refractivity contribution is 7.18. The van der Waals surface area contributed by atoms with E-state index in [0.717, 1.165) is 43.4 Å². The van der Waals surface area contributed by atoms with Crippen LogP contribution in [0.5, 0.6) is 5.75 Å². The number of nitrogens with one attached hydrogen (secondary N) is 1. The van der Waals surface area contributed by atoms with Crippen LogP contribution in [0, 0.1) is 20.8 Å². The SMILES string of the molecule is Cc1noc(C)c1NC(=O)N(c1cccc(-c2sc(C(=O)O)c(OCC(=O)O)c2C)c1)C1CCCCC1. The second-order valence-electron chi connectivity index (χ2n) is 9.04. The second-order valence-corrected chi connectivity index (χ2v) is 10.1. The zero-order chi connectivity index (χ0) is 26.7. The first kappa shape index (κ1) is 26.2. The van der Waals surface area contributed by atoms with Crippen molar-refractivity contribution in [2.45, 2.75) is 58.9 Å². The summed E-state index contributed by atoms with van der Waals surface area (Å²) in [5.74, 6) is -1.83. The van der Waals surface area contributed by atoms with E-state index in [4.69, 9.17) is 14.4 Å². The molecule has 10 nitrogen and oxygen atoms in total. The number of thiophene rings is 1. The molecule has 1 saturated carbocycles. The summed E-state index contributed by atoms with van der Waals surface area (Å²) in [4.78, 5) is 38.8. The first-order chi connectivity index (χ1) is 17.7. The minimum Gasteiger partial charge on any atom is -0.480 e. The molecule has 1 fully saturated rings. The number of ether oxygens (including phenoxy) is 1. The lowest BCUT2D eigenvalue weighted by Gasteiger charge is -2.34. The molecule has 2 amide bonds. The predicted molar refractivity (Wildman–Crippen MR) is 139 cm³/mol. The van der Waals surface area contributed by atoms with Crippen LogP contribution in [0.1, 0.15) is 58.8 Å². The number of aryl methyl sites for hydroxylation is 2. The Labute approximate surface area is 217 Å². The largest absolute Gasteiger partial charge is 0.480 e. The van der Waals surface area contributed by atoms with E-state index in [1.807, 2.05) is 24.3 Å². The zero-order valence-corrected chi connectivity index (χ0v) is 21.7. The van der Waals surface area contributed by atoms with E-state index in [2.05, 4.69) is 10.5 Å². The molecule has 0 aliphatic heterocycles. The average molecular weight is 528 g/mol. The summed E-state index contributed by atoms with van der Waals surface area (Å²) in [6.45, 7) is 4.56. The number of carboxylic acids is 2. The molecule has 3 aromatic rings. The van der Waals surface area contributed by atoms with Crippen LogP contribution in [0.3, 0.4) is 0 Å². The molecular weight excluding hydrogens is 498 g/mol. The van der Waals surface area contributed by atoms with E-state index in [0.29, 0.717) is 38.8 Å². The van der Waals surface area contributed by atoms with Gasteiger partial charge in [0.2, 0.25) is 0 Å². The summed E-state index contributed by atoms with van der Waals surface area (Å²) >= 11 is 1.01. The molecule has 0 bridgehead atoms. The highest BCUT2D eigenvalue weighted by atomic mass is 32.1. The molecule has 3 N–H and O–H groups in total. The van der Waals surface area contributed by atoms with Crippen LogP contribution < -0.4 is 15.0 Å². The molecule has 1 aromatic carbocycles. The first-order valence-corrected chi connectivity index (χ1v) is 12.8. The van der Waals surface area contributed by atoms with E-state index < -0.39 is 18.5 Å². The van der Waals surface area contributed by atoms with Crippen LogP contribution in [0.15, 0.2) is 28.8 Å². The van der Waals surface area contributed by atoms with Crippen molar-refractivity contribution < 1.29 is 33.9 Å².